The van der Waals surface area contributed by atoms with Gasteiger partial charge in [0.25, 0.3) is 0 Å². The highest BCUT2D eigenvalue weighted by Gasteiger charge is 2.41. The zero-order chi connectivity index (χ0) is 10.9. The fourth-order valence-electron chi connectivity index (χ4n) is 1.13. The van der Waals surface area contributed by atoms with Crippen LogP contribution in [-0.2, 0) is 19.1 Å². The molecular weight excluding hydrogens is 186 g/mol. The number of carbonyl (C=O) groups is 2. The fourth-order valence-corrected chi connectivity index (χ4v) is 1.13. The summed E-state index contributed by atoms with van der Waals surface area (Å²) in [5, 5.41) is 0. The van der Waals surface area contributed by atoms with Gasteiger partial charge in [-0.1, -0.05) is 0 Å². The Morgan fingerprint density at radius 2 is 2.14 bits per heavy atom. The average molecular weight is 201 g/mol. The Morgan fingerprint density at radius 3 is 2.50 bits per heavy atom. The van der Waals surface area contributed by atoms with Crippen molar-refractivity contribution >= 4 is 11.9 Å². The van der Waals surface area contributed by atoms with Gasteiger partial charge in [0.05, 0.1) is 0 Å². The van der Waals surface area contributed by atoms with E-state index < -0.39 is 29.5 Å². The normalized spacial score (nSPS) is 27.3. The van der Waals surface area contributed by atoms with Crippen LogP contribution in [0, 0.1) is 5.92 Å². The maximum absolute atomic E-state index is 11.5. The van der Waals surface area contributed by atoms with Gasteiger partial charge in [-0.25, -0.2) is 0 Å². The van der Waals surface area contributed by atoms with Gasteiger partial charge in [0.1, 0.15) is 24.2 Å². The molecule has 0 bridgehead atoms. The number of cyclic esters (lactones) is 1. The molecule has 1 fully saturated rings. The van der Waals surface area contributed by atoms with Crippen molar-refractivity contribution in [3.63, 3.8) is 0 Å². The van der Waals surface area contributed by atoms with Crippen LogP contribution in [0.2, 0.25) is 0 Å². The summed E-state index contributed by atoms with van der Waals surface area (Å²) in [7, 11) is 0. The molecule has 0 aliphatic carbocycles. The van der Waals surface area contributed by atoms with Gasteiger partial charge < -0.3 is 15.2 Å². The van der Waals surface area contributed by atoms with E-state index in [0.29, 0.717) is 0 Å². The van der Waals surface area contributed by atoms with Crippen molar-refractivity contribution in [1.82, 2.24) is 0 Å². The van der Waals surface area contributed by atoms with Crippen LogP contribution in [0.25, 0.3) is 0 Å². The number of rotatable bonds is 1. The van der Waals surface area contributed by atoms with Crippen molar-refractivity contribution in [3.8, 4) is 0 Å². The lowest BCUT2D eigenvalue weighted by atomic mass is 10.0. The highest BCUT2D eigenvalue weighted by molar-refractivity contribution is 5.87. The van der Waals surface area contributed by atoms with Gasteiger partial charge in [-0.15, -0.1) is 0 Å². The molecule has 1 aliphatic rings. The third-order valence-corrected chi connectivity index (χ3v) is 1.82. The molecule has 1 rings (SSSR count). The van der Waals surface area contributed by atoms with Gasteiger partial charge >= 0.3 is 11.9 Å². The van der Waals surface area contributed by atoms with Gasteiger partial charge in [-0.3, -0.25) is 9.59 Å². The van der Waals surface area contributed by atoms with Gasteiger partial charge in [0, 0.05) is 0 Å². The van der Waals surface area contributed by atoms with Crippen LogP contribution in [0.1, 0.15) is 20.8 Å². The Morgan fingerprint density at radius 1 is 1.57 bits per heavy atom. The van der Waals surface area contributed by atoms with Crippen molar-refractivity contribution in [2.24, 2.45) is 11.7 Å². The van der Waals surface area contributed by atoms with Crippen LogP contribution in [0.4, 0.5) is 0 Å². The Hall–Kier alpha value is -1.10. The van der Waals surface area contributed by atoms with E-state index in [4.69, 9.17) is 10.5 Å². The first-order valence-corrected chi connectivity index (χ1v) is 4.46. The Balaban J connectivity index is 2.58. The summed E-state index contributed by atoms with van der Waals surface area (Å²) in [6, 6.07) is -0.884. The van der Waals surface area contributed by atoms with E-state index in [0.717, 1.165) is 0 Å². The van der Waals surface area contributed by atoms with Crippen molar-refractivity contribution in [3.05, 3.63) is 0 Å². The molecule has 0 aromatic heterocycles. The number of esters is 2. The molecule has 1 saturated heterocycles. The van der Waals surface area contributed by atoms with Crippen molar-refractivity contribution in [2.75, 3.05) is 6.61 Å². The zero-order valence-corrected chi connectivity index (χ0v) is 8.57. The second-order valence-corrected chi connectivity index (χ2v) is 4.30. The van der Waals surface area contributed by atoms with E-state index in [-0.39, 0.29) is 6.61 Å². The lowest BCUT2D eigenvalue weighted by molar-refractivity contribution is -0.160. The first-order chi connectivity index (χ1) is 6.31. The van der Waals surface area contributed by atoms with E-state index in [2.05, 4.69) is 4.74 Å². The summed E-state index contributed by atoms with van der Waals surface area (Å²) in [4.78, 5) is 22.4. The molecule has 1 heterocycles. The summed E-state index contributed by atoms with van der Waals surface area (Å²) in [5.74, 6) is -1.68. The molecule has 0 amide bonds. The third-order valence-electron chi connectivity index (χ3n) is 1.82. The molecule has 0 aromatic carbocycles. The smallest absolute Gasteiger partial charge is 0.323 e. The lowest BCUT2D eigenvalue weighted by Crippen LogP contribution is -2.40. The number of nitrogens with two attached hydrogens (primary N) is 1. The Kier molecular flexibility index (Phi) is 2.80. The quantitative estimate of drug-likeness (QED) is 0.596. The second kappa shape index (κ2) is 3.57. The van der Waals surface area contributed by atoms with E-state index in [9.17, 15) is 9.59 Å². The highest BCUT2D eigenvalue weighted by Crippen LogP contribution is 2.18. The van der Waals surface area contributed by atoms with E-state index in [1.54, 1.807) is 20.8 Å². The highest BCUT2D eigenvalue weighted by atomic mass is 16.6. The molecule has 0 saturated carbocycles. The van der Waals surface area contributed by atoms with Gasteiger partial charge in [-0.2, -0.15) is 0 Å². The van der Waals surface area contributed by atoms with Gasteiger partial charge in [0.2, 0.25) is 0 Å². The van der Waals surface area contributed by atoms with Crippen LogP contribution in [0.3, 0.4) is 0 Å². The minimum absolute atomic E-state index is 0.0227. The van der Waals surface area contributed by atoms with Crippen LogP contribution >= 0.6 is 0 Å². The second-order valence-electron chi connectivity index (χ2n) is 4.30. The summed E-state index contributed by atoms with van der Waals surface area (Å²) in [6.45, 7) is 5.30. The first kappa shape index (κ1) is 11.0. The predicted molar refractivity (Wildman–Crippen MR) is 48.3 cm³/mol. The Bertz CT molecular complexity index is 256. The molecule has 14 heavy (non-hydrogen) atoms. The van der Waals surface area contributed by atoms with Gasteiger partial charge in [-0.05, 0) is 20.8 Å². The maximum Gasteiger partial charge on any atom is 0.323 e. The molecule has 0 aromatic rings. The third kappa shape index (κ3) is 2.45. The minimum Gasteiger partial charge on any atom is -0.464 e. The topological polar surface area (TPSA) is 78.6 Å². The molecule has 5 heteroatoms. The van der Waals surface area contributed by atoms with Crippen molar-refractivity contribution < 1.29 is 19.1 Å². The van der Waals surface area contributed by atoms with E-state index >= 15 is 0 Å². The average Bonchev–Trinajstić information content (AvgIpc) is 2.29. The molecule has 1 aliphatic heterocycles. The molecule has 2 atom stereocenters. The van der Waals surface area contributed by atoms with Crippen molar-refractivity contribution in [2.45, 2.75) is 32.4 Å². The number of hydrogen-bond acceptors (Lipinski definition) is 5. The molecule has 80 valence electrons. The van der Waals surface area contributed by atoms with Gasteiger partial charge in [0.15, 0.2) is 0 Å². The van der Waals surface area contributed by atoms with Crippen LogP contribution in [0.15, 0.2) is 0 Å². The first-order valence-electron chi connectivity index (χ1n) is 4.46. The molecule has 5 nitrogen and oxygen atoms in total. The molecule has 0 radical (unpaired) electrons. The van der Waals surface area contributed by atoms with E-state index in [1.165, 1.54) is 0 Å². The monoisotopic (exact) mass is 201 g/mol. The lowest BCUT2D eigenvalue weighted by Gasteiger charge is -2.22. The SMILES string of the molecule is CC(C)(C)OC(=O)C1COC(=O)C1N. The van der Waals surface area contributed by atoms with Crippen molar-refractivity contribution in [1.29, 1.82) is 0 Å². The Labute approximate surface area is 82.5 Å². The van der Waals surface area contributed by atoms with Crippen LogP contribution in [0.5, 0.6) is 0 Å². The summed E-state index contributed by atoms with van der Waals surface area (Å²) in [6.07, 6.45) is 0. The minimum atomic E-state index is -0.884. The van der Waals surface area contributed by atoms with Crippen LogP contribution in [-0.4, -0.2) is 30.2 Å². The molecular formula is C9H15NO4. The number of carbonyl (C=O) groups excluding carboxylic acids is 2. The maximum atomic E-state index is 11.5. The summed E-state index contributed by atoms with van der Waals surface area (Å²) < 4.78 is 9.74. The number of hydrogen-bond donors (Lipinski definition) is 1. The summed E-state index contributed by atoms with van der Waals surface area (Å²) in [5.41, 5.74) is 4.90. The standard InChI is InChI=1S/C9H15NO4/c1-9(2,3)14-7(11)5-4-13-8(12)6(5)10/h5-6H,4,10H2,1-3H3. The zero-order valence-electron chi connectivity index (χ0n) is 8.57. The van der Waals surface area contributed by atoms with Crippen LogP contribution < -0.4 is 5.73 Å². The fraction of sp³-hybridized carbons (Fsp3) is 0.778. The molecule has 2 N–H and O–H groups in total. The predicted octanol–water partition coefficient (Wildman–Crippen LogP) is -0.172. The largest absolute Gasteiger partial charge is 0.464 e. The molecule has 2 unspecified atom stereocenters. The summed E-state index contributed by atoms with van der Waals surface area (Å²) >= 11 is 0. The molecule has 0 spiro atoms. The number of ether oxygens (including phenoxy) is 2. The van der Waals surface area contributed by atoms with E-state index in [1.807, 2.05) is 0 Å².